The lowest BCUT2D eigenvalue weighted by molar-refractivity contribution is 0.0820. The van der Waals surface area contributed by atoms with Crippen LogP contribution >= 0.6 is 68.0 Å². The summed E-state index contributed by atoms with van der Waals surface area (Å²) in [6, 6.07) is 13.9. The van der Waals surface area contributed by atoms with E-state index in [9.17, 15) is 4.79 Å². The highest BCUT2D eigenvalue weighted by Crippen LogP contribution is 2.55. The van der Waals surface area contributed by atoms with Crippen molar-refractivity contribution < 1.29 is 4.79 Å². The molecule has 0 aliphatic carbocycles. The zero-order valence-electron chi connectivity index (χ0n) is 22.0. The van der Waals surface area contributed by atoms with Gasteiger partial charge >= 0.3 is 0 Å². The number of aryl methyl sites for hydroxylation is 4. The summed E-state index contributed by atoms with van der Waals surface area (Å²) in [5, 5.41) is 4.04. The SMILES string of the molecule is Cc1ccc(-c2c3cc(-c4sc(C)c5c6c(sc45)C(=O)N(C)C6)sc3c(-c3ccc(C)s3)c3cc(C)sc23)s1. The lowest BCUT2D eigenvalue weighted by atomic mass is 9.99. The predicted octanol–water partition coefficient (Wildman–Crippen LogP) is 11.3. The van der Waals surface area contributed by atoms with Crippen LogP contribution in [0.1, 0.15) is 34.7 Å². The number of thiophene rings is 6. The molecule has 1 aromatic carbocycles. The van der Waals surface area contributed by atoms with E-state index in [1.165, 1.54) is 86.0 Å². The molecular formula is C31H23NOS6. The van der Waals surface area contributed by atoms with Gasteiger partial charge in [0.1, 0.15) is 0 Å². The van der Waals surface area contributed by atoms with Gasteiger partial charge in [-0.05, 0) is 64.1 Å². The highest BCUT2D eigenvalue weighted by Gasteiger charge is 2.32. The first kappa shape index (κ1) is 24.5. The molecule has 0 unspecified atom stereocenters. The van der Waals surface area contributed by atoms with Gasteiger partial charge in [0.2, 0.25) is 0 Å². The van der Waals surface area contributed by atoms with Crippen molar-refractivity contribution in [2.75, 3.05) is 7.05 Å². The molecule has 0 N–H and O–H groups in total. The van der Waals surface area contributed by atoms with Crippen molar-refractivity contribution >= 4 is 104 Å². The average molecular weight is 618 g/mol. The number of fused-ring (bicyclic) bond motifs is 5. The standard InChI is InChI=1S/C31H23NOS6/c1-13-6-8-20(34-13)24-17-10-15(3)36-26(17)25(21-9-7-14(2)35-21)18-11-22(38-27(18)24)29-30-23(16(4)37-29)19-12-32(5)31(33)28(19)39-30/h6-11H,12H2,1-5H3. The van der Waals surface area contributed by atoms with E-state index < -0.39 is 0 Å². The Balaban J connectivity index is 1.48. The summed E-state index contributed by atoms with van der Waals surface area (Å²) >= 11 is 11.2. The van der Waals surface area contributed by atoms with Crippen LogP contribution in [0.4, 0.5) is 0 Å². The van der Waals surface area contributed by atoms with Crippen molar-refractivity contribution in [3.63, 3.8) is 0 Å². The number of carbonyl (C=O) groups is 1. The summed E-state index contributed by atoms with van der Waals surface area (Å²) < 4.78 is 4.05. The number of carbonyl (C=O) groups excluding carboxylic acids is 1. The molecule has 194 valence electrons. The van der Waals surface area contributed by atoms with Crippen molar-refractivity contribution in [1.29, 1.82) is 0 Å². The molecule has 1 aliphatic rings. The van der Waals surface area contributed by atoms with Gasteiger partial charge < -0.3 is 4.90 Å². The van der Waals surface area contributed by atoms with Crippen LogP contribution < -0.4 is 0 Å². The van der Waals surface area contributed by atoms with Crippen molar-refractivity contribution in [2.24, 2.45) is 0 Å². The third kappa shape index (κ3) is 3.49. The van der Waals surface area contributed by atoms with E-state index in [-0.39, 0.29) is 5.91 Å². The second-order valence-corrected chi connectivity index (χ2v) is 17.4. The zero-order chi connectivity index (χ0) is 26.7. The van der Waals surface area contributed by atoms with E-state index in [4.69, 9.17) is 0 Å². The van der Waals surface area contributed by atoms with Crippen molar-refractivity contribution in [3.8, 4) is 30.6 Å². The van der Waals surface area contributed by atoms with E-state index in [0.29, 0.717) is 0 Å². The van der Waals surface area contributed by atoms with Gasteiger partial charge in [0.25, 0.3) is 5.91 Å². The average Bonchev–Trinajstić information content (AvgIpc) is 3.72. The Bertz CT molecular complexity index is 2040. The van der Waals surface area contributed by atoms with Gasteiger partial charge in [-0.3, -0.25) is 4.79 Å². The molecule has 0 spiro atoms. The molecule has 7 aromatic rings. The summed E-state index contributed by atoms with van der Waals surface area (Å²) in [6.07, 6.45) is 0. The third-order valence-electron chi connectivity index (χ3n) is 7.53. The summed E-state index contributed by atoms with van der Waals surface area (Å²) in [7, 11) is 1.91. The first-order valence-corrected chi connectivity index (χ1v) is 17.6. The maximum Gasteiger partial charge on any atom is 0.264 e. The molecule has 8 heteroatoms. The quantitative estimate of drug-likeness (QED) is 0.193. The Morgan fingerprint density at radius 1 is 0.641 bits per heavy atom. The fourth-order valence-electron chi connectivity index (χ4n) is 5.85. The molecule has 0 saturated heterocycles. The number of hydrogen-bond donors (Lipinski definition) is 0. The Kier molecular flexibility index (Phi) is 5.39. The van der Waals surface area contributed by atoms with Gasteiger partial charge in [0, 0.05) is 90.0 Å². The van der Waals surface area contributed by atoms with E-state index >= 15 is 0 Å². The number of nitrogens with zero attached hydrogens (tertiary/aromatic N) is 1. The molecule has 1 amide bonds. The molecular weight excluding hydrogens is 595 g/mol. The second-order valence-electron chi connectivity index (χ2n) is 10.3. The van der Waals surface area contributed by atoms with Crippen LogP contribution in [0.3, 0.4) is 0 Å². The number of benzene rings is 1. The van der Waals surface area contributed by atoms with Crippen molar-refractivity contribution in [2.45, 2.75) is 34.2 Å². The lowest BCUT2D eigenvalue weighted by Crippen LogP contribution is -2.17. The van der Waals surface area contributed by atoms with Gasteiger partial charge in [0.15, 0.2) is 0 Å². The molecule has 0 atom stereocenters. The van der Waals surface area contributed by atoms with Crippen LogP contribution in [0.25, 0.3) is 60.9 Å². The van der Waals surface area contributed by atoms with Gasteiger partial charge in [0.05, 0.1) is 14.5 Å². The Morgan fingerprint density at radius 2 is 1.28 bits per heavy atom. The van der Waals surface area contributed by atoms with Gasteiger partial charge in [-0.15, -0.1) is 68.0 Å². The third-order valence-corrected chi connectivity index (χ3v) is 14.4. The zero-order valence-corrected chi connectivity index (χ0v) is 26.9. The predicted molar refractivity (Wildman–Crippen MR) is 177 cm³/mol. The molecule has 0 fully saturated rings. The molecule has 1 aliphatic heterocycles. The van der Waals surface area contributed by atoms with E-state index in [1.807, 2.05) is 68.6 Å². The normalized spacial score (nSPS) is 13.7. The summed E-state index contributed by atoms with van der Waals surface area (Å²) in [4.78, 5) is 26.3. The molecule has 7 heterocycles. The second kappa shape index (κ2) is 8.59. The number of hydrogen-bond acceptors (Lipinski definition) is 7. The molecule has 6 aromatic heterocycles. The highest BCUT2D eigenvalue weighted by atomic mass is 32.1. The van der Waals surface area contributed by atoms with Crippen molar-refractivity contribution in [1.82, 2.24) is 4.90 Å². The Labute approximate surface area is 250 Å². The molecule has 0 bridgehead atoms. The maximum atomic E-state index is 12.8. The number of amides is 1. The summed E-state index contributed by atoms with van der Waals surface area (Å²) in [6.45, 7) is 9.57. The van der Waals surface area contributed by atoms with Crippen LogP contribution in [0.2, 0.25) is 0 Å². The fourth-order valence-corrected chi connectivity index (χ4v) is 13.1. The van der Waals surface area contributed by atoms with Crippen molar-refractivity contribution in [3.05, 3.63) is 66.3 Å². The monoisotopic (exact) mass is 617 g/mol. The Hall–Kier alpha value is -2.33. The van der Waals surface area contributed by atoms with Crippen LogP contribution in [0, 0.1) is 27.7 Å². The van der Waals surface area contributed by atoms with Gasteiger partial charge in [-0.1, -0.05) is 0 Å². The number of rotatable bonds is 3. The van der Waals surface area contributed by atoms with E-state index in [2.05, 4.69) is 64.1 Å². The summed E-state index contributed by atoms with van der Waals surface area (Å²) in [5.41, 5.74) is 3.99. The minimum Gasteiger partial charge on any atom is -0.337 e. The van der Waals surface area contributed by atoms with Gasteiger partial charge in [-0.25, -0.2) is 0 Å². The molecule has 0 saturated carbocycles. The molecule has 2 nitrogen and oxygen atoms in total. The smallest absolute Gasteiger partial charge is 0.264 e. The topological polar surface area (TPSA) is 20.3 Å². The first-order valence-electron chi connectivity index (χ1n) is 12.7. The minimum atomic E-state index is 0.166. The molecule has 8 rings (SSSR count). The highest BCUT2D eigenvalue weighted by molar-refractivity contribution is 7.32. The van der Waals surface area contributed by atoms with Crippen LogP contribution in [-0.4, -0.2) is 17.9 Å². The molecule has 39 heavy (non-hydrogen) atoms. The summed E-state index contributed by atoms with van der Waals surface area (Å²) in [5.74, 6) is 0.166. The largest absolute Gasteiger partial charge is 0.337 e. The fraction of sp³-hybridized carbons (Fsp3) is 0.194. The van der Waals surface area contributed by atoms with Crippen LogP contribution in [0.5, 0.6) is 0 Å². The minimum absolute atomic E-state index is 0.166. The first-order chi connectivity index (χ1) is 18.8. The van der Waals surface area contributed by atoms with E-state index in [1.54, 1.807) is 11.3 Å². The maximum absolute atomic E-state index is 12.8. The van der Waals surface area contributed by atoms with Crippen LogP contribution in [0.15, 0.2) is 36.4 Å². The Morgan fingerprint density at radius 3 is 1.92 bits per heavy atom. The van der Waals surface area contributed by atoms with Gasteiger partial charge in [-0.2, -0.15) is 0 Å². The van der Waals surface area contributed by atoms with Crippen LogP contribution in [-0.2, 0) is 6.54 Å². The lowest BCUT2D eigenvalue weighted by Gasteiger charge is -2.09. The molecule has 0 radical (unpaired) electrons. The van der Waals surface area contributed by atoms with E-state index in [0.717, 1.165) is 11.4 Å².